The van der Waals surface area contributed by atoms with Gasteiger partial charge in [-0.2, -0.15) is 5.10 Å². The van der Waals surface area contributed by atoms with Crippen molar-refractivity contribution in [2.45, 2.75) is 13.3 Å². The summed E-state index contributed by atoms with van der Waals surface area (Å²) >= 11 is 0. The fourth-order valence-corrected chi connectivity index (χ4v) is 2.44. The average molecular weight is 372 g/mol. The number of methoxy groups -OCH3 is 3. The van der Waals surface area contributed by atoms with E-state index in [1.165, 1.54) is 0 Å². The third-order valence-electron chi connectivity index (χ3n) is 3.70. The molecule has 0 atom stereocenters. The van der Waals surface area contributed by atoms with E-state index >= 15 is 0 Å². The van der Waals surface area contributed by atoms with Crippen LogP contribution in [0.5, 0.6) is 23.0 Å². The molecule has 0 aromatic heterocycles. The lowest BCUT2D eigenvalue weighted by molar-refractivity contribution is -0.120. The molecule has 1 amide bonds. The van der Waals surface area contributed by atoms with Crippen molar-refractivity contribution in [3.05, 3.63) is 47.5 Å². The molecule has 1 N–H and O–H groups in total. The van der Waals surface area contributed by atoms with Gasteiger partial charge in [-0.05, 0) is 48.4 Å². The Hall–Kier alpha value is -3.22. The Labute approximate surface area is 158 Å². The van der Waals surface area contributed by atoms with E-state index in [1.807, 2.05) is 19.1 Å². The molecule has 7 nitrogen and oxygen atoms in total. The second kappa shape index (κ2) is 10.1. The van der Waals surface area contributed by atoms with Crippen molar-refractivity contribution in [1.29, 1.82) is 0 Å². The van der Waals surface area contributed by atoms with Gasteiger partial charge in [-0.15, -0.1) is 0 Å². The Balaban J connectivity index is 1.98. The molecule has 0 aliphatic heterocycles. The molecule has 2 aromatic carbocycles. The standard InChI is InChI=1S/C20H24N2O5/c1-5-27-19-11-15(7-9-17(19)25-3)13-21-22-20(23)12-14-6-8-16(24-2)18(10-14)26-4/h6-11,13H,5,12H2,1-4H3,(H,22,23). The number of carbonyl (C=O) groups is 1. The largest absolute Gasteiger partial charge is 0.493 e. The molecule has 0 bridgehead atoms. The minimum Gasteiger partial charge on any atom is -0.493 e. The Morgan fingerprint density at radius 3 is 2.30 bits per heavy atom. The zero-order valence-electron chi connectivity index (χ0n) is 15.9. The van der Waals surface area contributed by atoms with Crippen LogP contribution in [-0.4, -0.2) is 40.1 Å². The van der Waals surface area contributed by atoms with Crippen LogP contribution in [0, 0.1) is 0 Å². The maximum Gasteiger partial charge on any atom is 0.244 e. The summed E-state index contributed by atoms with van der Waals surface area (Å²) < 4.78 is 21.2. The first-order valence-corrected chi connectivity index (χ1v) is 8.44. The van der Waals surface area contributed by atoms with E-state index in [4.69, 9.17) is 18.9 Å². The number of amides is 1. The first-order valence-electron chi connectivity index (χ1n) is 8.44. The SMILES string of the molecule is CCOc1cc(C=NNC(=O)Cc2ccc(OC)c(OC)c2)ccc1OC. The van der Waals surface area contributed by atoms with Gasteiger partial charge in [-0.1, -0.05) is 6.07 Å². The molecular formula is C20H24N2O5. The molecule has 0 aliphatic carbocycles. The molecular weight excluding hydrogens is 348 g/mol. The van der Waals surface area contributed by atoms with E-state index in [9.17, 15) is 4.79 Å². The van der Waals surface area contributed by atoms with Crippen LogP contribution in [0.2, 0.25) is 0 Å². The number of hydrazone groups is 1. The van der Waals surface area contributed by atoms with Gasteiger partial charge in [0, 0.05) is 0 Å². The number of nitrogens with zero attached hydrogens (tertiary/aromatic N) is 1. The van der Waals surface area contributed by atoms with Crippen LogP contribution in [0.4, 0.5) is 0 Å². The first-order chi connectivity index (χ1) is 13.1. The van der Waals surface area contributed by atoms with E-state index in [2.05, 4.69) is 10.5 Å². The van der Waals surface area contributed by atoms with Gasteiger partial charge in [0.2, 0.25) is 5.91 Å². The zero-order valence-corrected chi connectivity index (χ0v) is 15.9. The van der Waals surface area contributed by atoms with Crippen molar-refractivity contribution >= 4 is 12.1 Å². The highest BCUT2D eigenvalue weighted by Crippen LogP contribution is 2.28. The summed E-state index contributed by atoms with van der Waals surface area (Å²) in [5.41, 5.74) is 4.09. The molecule has 0 unspecified atom stereocenters. The van der Waals surface area contributed by atoms with Crippen molar-refractivity contribution < 1.29 is 23.7 Å². The lowest BCUT2D eigenvalue weighted by Crippen LogP contribution is -2.19. The van der Waals surface area contributed by atoms with Gasteiger partial charge in [-0.3, -0.25) is 4.79 Å². The molecule has 0 spiro atoms. The van der Waals surface area contributed by atoms with Gasteiger partial charge in [0.25, 0.3) is 0 Å². The predicted octanol–water partition coefficient (Wildman–Crippen LogP) is 2.80. The topological polar surface area (TPSA) is 78.4 Å². The van der Waals surface area contributed by atoms with E-state index < -0.39 is 0 Å². The molecule has 0 aliphatic rings. The fraction of sp³-hybridized carbons (Fsp3) is 0.300. The van der Waals surface area contributed by atoms with Crippen LogP contribution in [0.3, 0.4) is 0 Å². The third-order valence-corrected chi connectivity index (χ3v) is 3.70. The average Bonchev–Trinajstić information content (AvgIpc) is 2.68. The maximum absolute atomic E-state index is 12.1. The number of benzene rings is 2. The maximum atomic E-state index is 12.1. The van der Waals surface area contributed by atoms with Crippen molar-refractivity contribution in [1.82, 2.24) is 5.43 Å². The van der Waals surface area contributed by atoms with E-state index in [0.717, 1.165) is 11.1 Å². The Morgan fingerprint density at radius 2 is 1.63 bits per heavy atom. The smallest absolute Gasteiger partial charge is 0.244 e. The van der Waals surface area contributed by atoms with Gasteiger partial charge in [0.1, 0.15) is 0 Å². The summed E-state index contributed by atoms with van der Waals surface area (Å²) in [6.07, 6.45) is 1.72. The molecule has 0 fully saturated rings. The second-order valence-corrected chi connectivity index (χ2v) is 5.50. The van der Waals surface area contributed by atoms with Gasteiger partial charge in [-0.25, -0.2) is 5.43 Å². The molecule has 2 aromatic rings. The summed E-state index contributed by atoms with van der Waals surface area (Å²) in [7, 11) is 4.70. The lowest BCUT2D eigenvalue weighted by Gasteiger charge is -2.09. The highest BCUT2D eigenvalue weighted by atomic mass is 16.5. The van der Waals surface area contributed by atoms with E-state index in [-0.39, 0.29) is 12.3 Å². The minimum absolute atomic E-state index is 0.171. The highest BCUT2D eigenvalue weighted by molar-refractivity contribution is 5.84. The van der Waals surface area contributed by atoms with Crippen molar-refractivity contribution in [3.63, 3.8) is 0 Å². The normalized spacial score (nSPS) is 10.5. The molecule has 0 saturated heterocycles. The van der Waals surface area contributed by atoms with Crippen molar-refractivity contribution in [2.24, 2.45) is 5.10 Å². The quantitative estimate of drug-likeness (QED) is 0.541. The van der Waals surface area contributed by atoms with Crippen LogP contribution in [0.1, 0.15) is 18.1 Å². The lowest BCUT2D eigenvalue weighted by atomic mass is 10.1. The second-order valence-electron chi connectivity index (χ2n) is 5.50. The van der Waals surface area contributed by atoms with Crippen LogP contribution in [0.15, 0.2) is 41.5 Å². The van der Waals surface area contributed by atoms with Gasteiger partial charge in [0.05, 0.1) is 40.6 Å². The fourth-order valence-electron chi connectivity index (χ4n) is 2.44. The van der Waals surface area contributed by atoms with Crippen LogP contribution >= 0.6 is 0 Å². The Kier molecular flexibility index (Phi) is 7.49. The highest BCUT2D eigenvalue weighted by Gasteiger charge is 2.08. The van der Waals surface area contributed by atoms with Gasteiger partial charge >= 0.3 is 0 Å². The monoisotopic (exact) mass is 372 g/mol. The molecule has 0 radical (unpaired) electrons. The predicted molar refractivity (Wildman–Crippen MR) is 103 cm³/mol. The van der Waals surface area contributed by atoms with Crippen LogP contribution < -0.4 is 24.4 Å². The van der Waals surface area contributed by atoms with Crippen LogP contribution in [0.25, 0.3) is 0 Å². The van der Waals surface area contributed by atoms with E-state index in [0.29, 0.717) is 29.6 Å². The van der Waals surface area contributed by atoms with Crippen molar-refractivity contribution in [3.8, 4) is 23.0 Å². The summed E-state index contributed by atoms with van der Waals surface area (Å²) in [5.74, 6) is 2.22. The number of carbonyl (C=O) groups excluding carboxylic acids is 1. The number of ether oxygens (including phenoxy) is 4. The number of hydrogen-bond acceptors (Lipinski definition) is 6. The summed E-state index contributed by atoms with van der Waals surface area (Å²) in [5, 5.41) is 3.99. The zero-order chi connectivity index (χ0) is 19.6. The van der Waals surface area contributed by atoms with Gasteiger partial charge < -0.3 is 18.9 Å². The molecule has 7 heteroatoms. The summed E-state index contributed by atoms with van der Waals surface area (Å²) in [6.45, 7) is 2.42. The summed E-state index contributed by atoms with van der Waals surface area (Å²) in [6, 6.07) is 10.7. The molecule has 0 heterocycles. The third kappa shape index (κ3) is 5.64. The van der Waals surface area contributed by atoms with Crippen molar-refractivity contribution in [2.75, 3.05) is 27.9 Å². The number of rotatable bonds is 9. The molecule has 0 saturated carbocycles. The van der Waals surface area contributed by atoms with Gasteiger partial charge in [0.15, 0.2) is 23.0 Å². The first kappa shape index (κ1) is 20.1. The Bertz CT molecular complexity index is 805. The van der Waals surface area contributed by atoms with Crippen LogP contribution in [-0.2, 0) is 11.2 Å². The Morgan fingerprint density at radius 1 is 0.963 bits per heavy atom. The summed E-state index contributed by atoms with van der Waals surface area (Å²) in [4.78, 5) is 12.1. The molecule has 144 valence electrons. The molecule has 2 rings (SSSR count). The number of hydrogen-bond donors (Lipinski definition) is 1. The minimum atomic E-state index is -0.239. The van der Waals surface area contributed by atoms with E-state index in [1.54, 1.807) is 51.8 Å². The number of nitrogens with one attached hydrogen (secondary N) is 1. The molecule has 27 heavy (non-hydrogen) atoms.